The van der Waals surface area contributed by atoms with Crippen LogP contribution in [0.25, 0.3) is 6.08 Å². The number of aliphatic imine (C=N–C) groups is 1. The third kappa shape index (κ3) is 5.52. The molecule has 0 aromatic heterocycles. The molecule has 0 saturated heterocycles. The van der Waals surface area contributed by atoms with Crippen LogP contribution in [-0.4, -0.2) is 12.8 Å². The zero-order valence-corrected chi connectivity index (χ0v) is 10.1. The number of nitrogens with two attached hydrogens (primary N) is 1. The quantitative estimate of drug-likeness (QED) is 0.607. The SMILES string of the molecule is C/C=C/C(C=NC/C=C/c1ccccc1)=CN. The molecule has 1 aromatic rings. The van der Waals surface area contributed by atoms with Gasteiger partial charge in [0.25, 0.3) is 0 Å². The Bertz CT molecular complexity index is 425. The van der Waals surface area contributed by atoms with E-state index in [0.29, 0.717) is 6.54 Å². The summed E-state index contributed by atoms with van der Waals surface area (Å²) in [7, 11) is 0. The third-order valence-electron chi connectivity index (χ3n) is 2.11. The molecule has 0 saturated carbocycles. The summed E-state index contributed by atoms with van der Waals surface area (Å²) in [4.78, 5) is 4.26. The number of hydrogen-bond donors (Lipinski definition) is 1. The van der Waals surface area contributed by atoms with Gasteiger partial charge in [0.15, 0.2) is 0 Å². The lowest BCUT2D eigenvalue weighted by Gasteiger charge is -1.91. The van der Waals surface area contributed by atoms with Crippen molar-refractivity contribution in [2.24, 2.45) is 10.7 Å². The maximum Gasteiger partial charge on any atom is 0.0573 e. The van der Waals surface area contributed by atoms with E-state index in [4.69, 9.17) is 5.73 Å². The summed E-state index contributed by atoms with van der Waals surface area (Å²) in [6, 6.07) is 10.2. The first-order valence-electron chi connectivity index (χ1n) is 5.63. The van der Waals surface area contributed by atoms with Crippen molar-refractivity contribution in [3.05, 3.63) is 65.9 Å². The van der Waals surface area contributed by atoms with Gasteiger partial charge in [-0.2, -0.15) is 0 Å². The molecule has 88 valence electrons. The van der Waals surface area contributed by atoms with Gasteiger partial charge in [0.2, 0.25) is 0 Å². The van der Waals surface area contributed by atoms with E-state index >= 15 is 0 Å². The molecule has 0 amide bonds. The minimum Gasteiger partial charge on any atom is -0.404 e. The molecule has 2 N–H and O–H groups in total. The molecule has 0 unspecified atom stereocenters. The summed E-state index contributed by atoms with van der Waals surface area (Å²) < 4.78 is 0. The second-order valence-corrected chi connectivity index (χ2v) is 3.47. The molecule has 0 fully saturated rings. The normalized spacial score (nSPS) is 13.1. The van der Waals surface area contributed by atoms with Crippen molar-refractivity contribution in [2.75, 3.05) is 6.54 Å². The van der Waals surface area contributed by atoms with E-state index in [1.54, 1.807) is 12.4 Å². The molecule has 0 radical (unpaired) electrons. The maximum atomic E-state index is 5.44. The Morgan fingerprint density at radius 1 is 1.29 bits per heavy atom. The molecule has 0 aliphatic rings. The van der Waals surface area contributed by atoms with Gasteiger partial charge in [-0.1, -0.05) is 54.6 Å². The second-order valence-electron chi connectivity index (χ2n) is 3.47. The van der Waals surface area contributed by atoms with Crippen LogP contribution >= 0.6 is 0 Å². The molecule has 0 aliphatic heterocycles. The van der Waals surface area contributed by atoms with Crippen molar-refractivity contribution in [2.45, 2.75) is 6.92 Å². The maximum absolute atomic E-state index is 5.44. The van der Waals surface area contributed by atoms with Crippen LogP contribution in [-0.2, 0) is 0 Å². The Kier molecular flexibility index (Phi) is 6.19. The van der Waals surface area contributed by atoms with Gasteiger partial charge in [0.05, 0.1) is 6.54 Å². The van der Waals surface area contributed by atoms with E-state index in [0.717, 1.165) is 5.57 Å². The standard InChI is InChI=1S/C15H18N2/c1-2-7-15(12-16)13-17-11-6-10-14-8-4-3-5-9-14/h2-10,12-13H,11,16H2,1H3/b7-2+,10-6+,15-12?,17-13?. The van der Waals surface area contributed by atoms with Gasteiger partial charge in [0.1, 0.15) is 0 Å². The third-order valence-corrected chi connectivity index (χ3v) is 2.11. The van der Waals surface area contributed by atoms with E-state index in [9.17, 15) is 0 Å². The number of benzene rings is 1. The first kappa shape index (κ1) is 13.0. The molecular formula is C15H18N2. The molecule has 1 rings (SSSR count). The molecule has 0 atom stereocenters. The average Bonchev–Trinajstić information content (AvgIpc) is 2.38. The Labute approximate surface area is 103 Å². The zero-order chi connectivity index (χ0) is 12.3. The molecule has 0 spiro atoms. The Hall–Kier alpha value is -2.09. The summed E-state index contributed by atoms with van der Waals surface area (Å²) in [6.07, 6.45) is 11.3. The second kappa shape index (κ2) is 8.11. The summed E-state index contributed by atoms with van der Waals surface area (Å²) in [5.74, 6) is 0. The summed E-state index contributed by atoms with van der Waals surface area (Å²) in [5.41, 5.74) is 7.55. The molecular weight excluding hydrogens is 208 g/mol. The fourth-order valence-electron chi connectivity index (χ4n) is 1.31. The fraction of sp³-hybridized carbons (Fsp3) is 0.133. The Morgan fingerprint density at radius 3 is 2.71 bits per heavy atom. The summed E-state index contributed by atoms with van der Waals surface area (Å²) in [5, 5.41) is 0. The average molecular weight is 226 g/mol. The van der Waals surface area contributed by atoms with E-state index < -0.39 is 0 Å². The van der Waals surface area contributed by atoms with Crippen molar-refractivity contribution in [3.8, 4) is 0 Å². The van der Waals surface area contributed by atoms with Gasteiger partial charge >= 0.3 is 0 Å². The van der Waals surface area contributed by atoms with Crippen molar-refractivity contribution in [1.82, 2.24) is 0 Å². The molecule has 0 bridgehead atoms. The lowest BCUT2D eigenvalue weighted by Crippen LogP contribution is -1.88. The predicted molar refractivity (Wildman–Crippen MR) is 75.9 cm³/mol. The number of allylic oxidation sites excluding steroid dienone is 3. The summed E-state index contributed by atoms with van der Waals surface area (Å²) >= 11 is 0. The van der Waals surface area contributed by atoms with Gasteiger partial charge < -0.3 is 5.73 Å². The van der Waals surface area contributed by atoms with Crippen molar-refractivity contribution in [3.63, 3.8) is 0 Å². The van der Waals surface area contributed by atoms with Gasteiger partial charge in [-0.15, -0.1) is 0 Å². The Balaban J connectivity index is 2.42. The highest BCUT2D eigenvalue weighted by molar-refractivity contribution is 5.82. The van der Waals surface area contributed by atoms with Crippen molar-refractivity contribution in [1.29, 1.82) is 0 Å². The highest BCUT2D eigenvalue weighted by Gasteiger charge is 1.83. The van der Waals surface area contributed by atoms with Crippen LogP contribution in [0.1, 0.15) is 12.5 Å². The first-order chi connectivity index (χ1) is 8.36. The topological polar surface area (TPSA) is 38.4 Å². The number of hydrogen-bond acceptors (Lipinski definition) is 2. The van der Waals surface area contributed by atoms with Crippen LogP contribution in [0.15, 0.2) is 65.3 Å². The van der Waals surface area contributed by atoms with Gasteiger partial charge in [-0.25, -0.2) is 0 Å². The smallest absolute Gasteiger partial charge is 0.0573 e. The number of nitrogens with zero attached hydrogens (tertiary/aromatic N) is 1. The summed E-state index contributed by atoms with van der Waals surface area (Å²) in [6.45, 7) is 2.61. The van der Waals surface area contributed by atoms with Crippen LogP contribution in [0.4, 0.5) is 0 Å². The molecule has 0 heterocycles. The molecule has 17 heavy (non-hydrogen) atoms. The van der Waals surface area contributed by atoms with Crippen LogP contribution in [0, 0.1) is 0 Å². The molecule has 0 aliphatic carbocycles. The van der Waals surface area contributed by atoms with E-state index in [2.05, 4.69) is 23.2 Å². The van der Waals surface area contributed by atoms with Gasteiger partial charge in [0, 0.05) is 18.0 Å². The van der Waals surface area contributed by atoms with E-state index in [1.165, 1.54) is 5.56 Å². The van der Waals surface area contributed by atoms with E-state index in [1.807, 2.05) is 43.4 Å². The monoisotopic (exact) mass is 226 g/mol. The van der Waals surface area contributed by atoms with Gasteiger partial charge in [-0.3, -0.25) is 4.99 Å². The highest BCUT2D eigenvalue weighted by atomic mass is 14.7. The molecule has 2 heteroatoms. The predicted octanol–water partition coefficient (Wildman–Crippen LogP) is 3.19. The molecule has 1 aromatic carbocycles. The van der Waals surface area contributed by atoms with Crippen LogP contribution in [0.3, 0.4) is 0 Å². The molecule has 2 nitrogen and oxygen atoms in total. The van der Waals surface area contributed by atoms with Crippen LogP contribution in [0.5, 0.6) is 0 Å². The van der Waals surface area contributed by atoms with E-state index in [-0.39, 0.29) is 0 Å². The van der Waals surface area contributed by atoms with Crippen molar-refractivity contribution < 1.29 is 0 Å². The Morgan fingerprint density at radius 2 is 2.06 bits per heavy atom. The largest absolute Gasteiger partial charge is 0.404 e. The number of rotatable bonds is 5. The van der Waals surface area contributed by atoms with Gasteiger partial charge in [-0.05, 0) is 12.5 Å². The minimum absolute atomic E-state index is 0.657. The zero-order valence-electron chi connectivity index (χ0n) is 10.1. The lowest BCUT2D eigenvalue weighted by molar-refractivity contribution is 1.26. The first-order valence-corrected chi connectivity index (χ1v) is 5.63. The minimum atomic E-state index is 0.657. The van der Waals surface area contributed by atoms with Crippen LogP contribution < -0.4 is 5.73 Å². The fourth-order valence-corrected chi connectivity index (χ4v) is 1.31. The lowest BCUT2D eigenvalue weighted by atomic mass is 10.2. The van der Waals surface area contributed by atoms with Crippen LogP contribution in [0.2, 0.25) is 0 Å². The van der Waals surface area contributed by atoms with Crippen molar-refractivity contribution >= 4 is 12.3 Å². The highest BCUT2D eigenvalue weighted by Crippen LogP contribution is 2.00.